The lowest BCUT2D eigenvalue weighted by molar-refractivity contribution is -0.160. The monoisotopic (exact) mass is 250 g/mol. The SMILES string of the molecule is CCCC(CC)OC(=O)C(Cl)(CC)C(=O)O. The minimum Gasteiger partial charge on any atom is -0.479 e. The van der Waals surface area contributed by atoms with Crippen LogP contribution in [0.4, 0.5) is 0 Å². The predicted molar refractivity (Wildman–Crippen MR) is 61.6 cm³/mol. The van der Waals surface area contributed by atoms with Gasteiger partial charge in [-0.25, -0.2) is 9.59 Å². The van der Waals surface area contributed by atoms with Gasteiger partial charge in [-0.15, -0.1) is 0 Å². The van der Waals surface area contributed by atoms with Crippen molar-refractivity contribution in [3.8, 4) is 0 Å². The van der Waals surface area contributed by atoms with Gasteiger partial charge in [0.1, 0.15) is 6.10 Å². The van der Waals surface area contributed by atoms with E-state index >= 15 is 0 Å². The Morgan fingerprint density at radius 3 is 2.25 bits per heavy atom. The summed E-state index contributed by atoms with van der Waals surface area (Å²) in [6, 6.07) is 0. The van der Waals surface area contributed by atoms with E-state index in [0.717, 1.165) is 12.8 Å². The largest absolute Gasteiger partial charge is 0.479 e. The highest BCUT2D eigenvalue weighted by Crippen LogP contribution is 2.24. The quantitative estimate of drug-likeness (QED) is 0.429. The number of carboxylic acid groups (broad SMARTS) is 1. The van der Waals surface area contributed by atoms with Gasteiger partial charge in [-0.05, 0) is 19.3 Å². The Morgan fingerprint density at radius 2 is 1.94 bits per heavy atom. The molecule has 0 radical (unpaired) electrons. The third-order valence-electron chi connectivity index (χ3n) is 2.49. The van der Waals surface area contributed by atoms with Gasteiger partial charge in [-0.3, -0.25) is 0 Å². The molecule has 0 heterocycles. The number of carboxylic acids is 1. The lowest BCUT2D eigenvalue weighted by Gasteiger charge is -2.22. The molecule has 0 saturated heterocycles. The summed E-state index contributed by atoms with van der Waals surface area (Å²) < 4.78 is 5.11. The van der Waals surface area contributed by atoms with Gasteiger partial charge in [0.15, 0.2) is 0 Å². The topological polar surface area (TPSA) is 63.6 Å². The van der Waals surface area contributed by atoms with Gasteiger partial charge < -0.3 is 9.84 Å². The fourth-order valence-corrected chi connectivity index (χ4v) is 1.34. The van der Waals surface area contributed by atoms with E-state index in [1.54, 1.807) is 6.92 Å². The van der Waals surface area contributed by atoms with Gasteiger partial charge in [0.25, 0.3) is 0 Å². The average Bonchev–Trinajstić information content (AvgIpc) is 2.26. The van der Waals surface area contributed by atoms with Crippen molar-refractivity contribution in [2.45, 2.75) is 57.4 Å². The minimum absolute atomic E-state index is 0.00524. The number of hydrogen-bond acceptors (Lipinski definition) is 3. The van der Waals surface area contributed by atoms with E-state index in [0.29, 0.717) is 6.42 Å². The van der Waals surface area contributed by atoms with Crippen LogP contribution in [0.1, 0.15) is 46.5 Å². The minimum atomic E-state index is -1.94. The number of carbonyl (C=O) groups excluding carboxylic acids is 1. The molecule has 0 aromatic rings. The van der Waals surface area contributed by atoms with E-state index in [1.165, 1.54) is 0 Å². The van der Waals surface area contributed by atoms with E-state index in [9.17, 15) is 9.59 Å². The normalized spacial score (nSPS) is 16.2. The van der Waals surface area contributed by atoms with E-state index in [1.807, 2.05) is 13.8 Å². The molecule has 2 unspecified atom stereocenters. The zero-order valence-corrected chi connectivity index (χ0v) is 10.7. The molecule has 0 aliphatic carbocycles. The number of ether oxygens (including phenoxy) is 1. The van der Waals surface area contributed by atoms with Gasteiger partial charge in [-0.2, -0.15) is 0 Å². The molecule has 0 aliphatic rings. The Balaban J connectivity index is 4.59. The van der Waals surface area contributed by atoms with Crippen LogP contribution in [0.3, 0.4) is 0 Å². The summed E-state index contributed by atoms with van der Waals surface area (Å²) in [7, 11) is 0. The second-order valence-corrected chi connectivity index (χ2v) is 4.33. The molecule has 0 spiro atoms. The second-order valence-electron chi connectivity index (χ2n) is 3.68. The zero-order valence-electron chi connectivity index (χ0n) is 9.96. The van der Waals surface area contributed by atoms with E-state index in [-0.39, 0.29) is 12.5 Å². The lowest BCUT2D eigenvalue weighted by atomic mass is 10.1. The summed E-state index contributed by atoms with van der Waals surface area (Å²) in [6.45, 7) is 5.40. The third-order valence-corrected chi connectivity index (χ3v) is 3.07. The highest BCUT2D eigenvalue weighted by atomic mass is 35.5. The molecular formula is C11H19ClO4. The molecule has 0 aliphatic heterocycles. The van der Waals surface area contributed by atoms with Crippen LogP contribution in [-0.4, -0.2) is 28.0 Å². The highest BCUT2D eigenvalue weighted by Gasteiger charge is 2.45. The summed E-state index contributed by atoms with van der Waals surface area (Å²) in [6.07, 6.45) is 2.02. The molecule has 5 heteroatoms. The predicted octanol–water partition coefficient (Wildman–Crippen LogP) is 2.58. The maximum Gasteiger partial charge on any atom is 0.339 e. The van der Waals surface area contributed by atoms with Crippen LogP contribution < -0.4 is 0 Å². The average molecular weight is 251 g/mol. The van der Waals surface area contributed by atoms with Crippen molar-refractivity contribution in [3.63, 3.8) is 0 Å². The first kappa shape index (κ1) is 15.2. The molecule has 0 aromatic carbocycles. The molecule has 94 valence electrons. The number of esters is 1. The fourth-order valence-electron chi connectivity index (χ4n) is 1.30. The molecule has 0 aromatic heterocycles. The number of aliphatic carboxylic acids is 1. The van der Waals surface area contributed by atoms with Crippen molar-refractivity contribution in [3.05, 3.63) is 0 Å². The van der Waals surface area contributed by atoms with Crippen LogP contribution in [0.15, 0.2) is 0 Å². The maximum absolute atomic E-state index is 11.6. The molecule has 4 nitrogen and oxygen atoms in total. The Morgan fingerprint density at radius 1 is 1.38 bits per heavy atom. The van der Waals surface area contributed by atoms with Gasteiger partial charge in [0.2, 0.25) is 4.87 Å². The number of carbonyl (C=O) groups is 2. The first-order valence-corrected chi connectivity index (χ1v) is 5.93. The van der Waals surface area contributed by atoms with Crippen molar-refractivity contribution in [2.24, 2.45) is 0 Å². The first-order valence-electron chi connectivity index (χ1n) is 5.55. The van der Waals surface area contributed by atoms with Crippen molar-refractivity contribution >= 4 is 23.5 Å². The Labute approximate surface area is 101 Å². The standard InChI is InChI=1S/C11H19ClO4/c1-4-7-8(5-2)16-10(15)11(12,6-3)9(13)14/h8H,4-7H2,1-3H3,(H,13,14). The maximum atomic E-state index is 11.6. The highest BCUT2D eigenvalue weighted by molar-refractivity contribution is 6.44. The molecule has 1 N–H and O–H groups in total. The summed E-state index contributed by atoms with van der Waals surface area (Å²) >= 11 is 5.74. The summed E-state index contributed by atoms with van der Waals surface area (Å²) in [5, 5.41) is 8.89. The zero-order chi connectivity index (χ0) is 12.8. The van der Waals surface area contributed by atoms with Crippen molar-refractivity contribution in [2.75, 3.05) is 0 Å². The fraction of sp³-hybridized carbons (Fsp3) is 0.818. The molecule has 0 amide bonds. The van der Waals surface area contributed by atoms with Crippen LogP contribution in [0, 0.1) is 0 Å². The molecule has 0 saturated carbocycles. The van der Waals surface area contributed by atoms with Crippen LogP contribution in [-0.2, 0) is 14.3 Å². The molecular weight excluding hydrogens is 232 g/mol. The first-order chi connectivity index (χ1) is 7.42. The smallest absolute Gasteiger partial charge is 0.339 e. The molecule has 0 fully saturated rings. The lowest BCUT2D eigenvalue weighted by Crippen LogP contribution is -2.43. The van der Waals surface area contributed by atoms with Crippen LogP contribution in [0.2, 0.25) is 0 Å². The van der Waals surface area contributed by atoms with Gasteiger partial charge >= 0.3 is 11.9 Å². The number of alkyl halides is 1. The summed E-state index contributed by atoms with van der Waals surface area (Å²) in [4.78, 5) is 20.6. The van der Waals surface area contributed by atoms with E-state index in [4.69, 9.17) is 21.4 Å². The third kappa shape index (κ3) is 3.67. The van der Waals surface area contributed by atoms with Crippen molar-refractivity contribution in [1.29, 1.82) is 0 Å². The van der Waals surface area contributed by atoms with Crippen LogP contribution in [0.5, 0.6) is 0 Å². The Hall–Kier alpha value is -0.770. The molecule has 0 rings (SSSR count). The summed E-state index contributed by atoms with van der Waals surface area (Å²) in [5.41, 5.74) is 0. The number of hydrogen-bond donors (Lipinski definition) is 1. The number of rotatable bonds is 7. The summed E-state index contributed by atoms with van der Waals surface area (Å²) in [5.74, 6) is -2.21. The van der Waals surface area contributed by atoms with Crippen molar-refractivity contribution in [1.82, 2.24) is 0 Å². The van der Waals surface area contributed by atoms with Gasteiger partial charge in [0, 0.05) is 0 Å². The van der Waals surface area contributed by atoms with E-state index < -0.39 is 16.8 Å². The molecule has 2 atom stereocenters. The number of halogens is 1. The van der Waals surface area contributed by atoms with Crippen molar-refractivity contribution < 1.29 is 19.4 Å². The van der Waals surface area contributed by atoms with E-state index in [2.05, 4.69) is 0 Å². The van der Waals surface area contributed by atoms with Crippen LogP contribution in [0.25, 0.3) is 0 Å². The molecule has 0 bridgehead atoms. The Bertz CT molecular complexity index is 254. The Kier molecular flexibility index (Phi) is 6.41. The van der Waals surface area contributed by atoms with Crippen LogP contribution >= 0.6 is 11.6 Å². The molecule has 16 heavy (non-hydrogen) atoms. The van der Waals surface area contributed by atoms with Gasteiger partial charge in [-0.1, -0.05) is 38.8 Å². The van der Waals surface area contributed by atoms with Gasteiger partial charge in [0.05, 0.1) is 0 Å². The second kappa shape index (κ2) is 6.74.